The number of rotatable bonds is 2. The standard InChI is InChI=1S/C5H5BrO4S2.Na/c6-4-1-3(2-11-4)5(7)12(8,9)10;/h1-2,5,7H,(H,8,9,10);/q;+1/p-1. The molecule has 0 saturated carbocycles. The van der Waals surface area contributed by atoms with Crippen LogP contribution in [0.5, 0.6) is 0 Å². The van der Waals surface area contributed by atoms with Gasteiger partial charge in [0.15, 0.2) is 5.44 Å². The van der Waals surface area contributed by atoms with Gasteiger partial charge in [-0.05, 0) is 27.4 Å². The fraction of sp³-hybridized carbons (Fsp3) is 0.200. The molecule has 0 amide bonds. The molecule has 1 aromatic heterocycles. The second-order valence-corrected chi connectivity index (χ2v) is 5.75. The van der Waals surface area contributed by atoms with Gasteiger partial charge in [-0.15, -0.1) is 11.3 Å². The maximum atomic E-state index is 10.3. The molecule has 1 heterocycles. The van der Waals surface area contributed by atoms with Crippen molar-refractivity contribution in [2.24, 2.45) is 0 Å². The van der Waals surface area contributed by atoms with Crippen molar-refractivity contribution in [3.05, 3.63) is 20.8 Å². The number of aliphatic hydroxyl groups excluding tert-OH is 1. The van der Waals surface area contributed by atoms with Crippen molar-refractivity contribution in [2.45, 2.75) is 5.44 Å². The molecule has 0 aliphatic heterocycles. The SMILES string of the molecule is O=S(=O)([O-])C(O)c1csc(Br)c1.[Na+]. The molecule has 1 rings (SSSR count). The molecule has 8 heteroatoms. The zero-order chi connectivity index (χ0) is 9.35. The van der Waals surface area contributed by atoms with Crippen LogP contribution in [-0.4, -0.2) is 18.1 Å². The maximum Gasteiger partial charge on any atom is 1.00 e. The molecule has 0 bridgehead atoms. The molecule has 4 nitrogen and oxygen atoms in total. The van der Waals surface area contributed by atoms with Gasteiger partial charge in [-0.1, -0.05) is 0 Å². The van der Waals surface area contributed by atoms with Crippen LogP contribution in [0.15, 0.2) is 15.2 Å². The van der Waals surface area contributed by atoms with Crippen LogP contribution in [-0.2, 0) is 10.1 Å². The summed E-state index contributed by atoms with van der Waals surface area (Å²) in [7, 11) is -4.65. The van der Waals surface area contributed by atoms with Gasteiger partial charge in [-0.2, -0.15) is 0 Å². The van der Waals surface area contributed by atoms with Gasteiger partial charge in [0.25, 0.3) is 0 Å². The van der Waals surface area contributed by atoms with Crippen LogP contribution in [0.3, 0.4) is 0 Å². The van der Waals surface area contributed by atoms with E-state index in [1.54, 1.807) is 0 Å². The van der Waals surface area contributed by atoms with Crippen LogP contribution in [0.25, 0.3) is 0 Å². The Morgan fingerprint density at radius 2 is 2.15 bits per heavy atom. The normalized spacial score (nSPS) is 13.5. The van der Waals surface area contributed by atoms with Gasteiger partial charge in [0, 0.05) is 5.56 Å². The van der Waals surface area contributed by atoms with E-state index in [0.29, 0.717) is 3.79 Å². The van der Waals surface area contributed by atoms with Crippen LogP contribution in [0.4, 0.5) is 0 Å². The summed E-state index contributed by atoms with van der Waals surface area (Å²) in [6.45, 7) is 0. The van der Waals surface area contributed by atoms with E-state index in [4.69, 9.17) is 5.11 Å². The number of halogens is 1. The minimum atomic E-state index is -4.65. The van der Waals surface area contributed by atoms with Gasteiger partial charge in [-0.3, -0.25) is 0 Å². The number of aliphatic hydroxyl groups is 1. The van der Waals surface area contributed by atoms with E-state index in [9.17, 15) is 13.0 Å². The van der Waals surface area contributed by atoms with Crippen molar-refractivity contribution in [2.75, 3.05) is 0 Å². The van der Waals surface area contributed by atoms with Crippen molar-refractivity contribution in [3.8, 4) is 0 Å². The first-order valence-electron chi connectivity index (χ1n) is 2.78. The van der Waals surface area contributed by atoms with Crippen LogP contribution in [0, 0.1) is 0 Å². The first-order chi connectivity index (χ1) is 5.41. The predicted octanol–water partition coefficient (Wildman–Crippen LogP) is -1.95. The van der Waals surface area contributed by atoms with Gasteiger partial charge in [0.05, 0.1) is 3.79 Å². The monoisotopic (exact) mass is 294 g/mol. The van der Waals surface area contributed by atoms with E-state index < -0.39 is 15.6 Å². The first-order valence-corrected chi connectivity index (χ1v) is 5.92. The summed E-state index contributed by atoms with van der Waals surface area (Å²) in [5.41, 5.74) is -1.86. The molecule has 0 fully saturated rings. The van der Waals surface area contributed by atoms with Gasteiger partial charge < -0.3 is 9.66 Å². The third-order valence-corrected chi connectivity index (χ3v) is 3.49. The van der Waals surface area contributed by atoms with E-state index in [0.717, 1.165) is 0 Å². The minimum absolute atomic E-state index is 0. The molecule has 0 saturated heterocycles. The number of hydrogen-bond acceptors (Lipinski definition) is 5. The van der Waals surface area contributed by atoms with Crippen LogP contribution in [0.1, 0.15) is 11.0 Å². The summed E-state index contributed by atoms with van der Waals surface area (Å²) < 4.78 is 31.6. The van der Waals surface area contributed by atoms with Crippen molar-refractivity contribution >= 4 is 37.4 Å². The Kier molecular flexibility index (Phi) is 5.64. The van der Waals surface area contributed by atoms with Crippen LogP contribution in [0.2, 0.25) is 0 Å². The van der Waals surface area contributed by atoms with Gasteiger partial charge in [0.2, 0.25) is 0 Å². The number of thiophene rings is 1. The first kappa shape index (κ1) is 14.1. The zero-order valence-corrected chi connectivity index (χ0v) is 11.8. The minimum Gasteiger partial charge on any atom is -0.746 e. The van der Waals surface area contributed by atoms with E-state index >= 15 is 0 Å². The summed E-state index contributed by atoms with van der Waals surface area (Å²) in [5.74, 6) is 0. The fourth-order valence-electron chi connectivity index (χ4n) is 0.620. The Bertz CT molecular complexity index is 374. The molecule has 0 aliphatic rings. The van der Waals surface area contributed by atoms with E-state index in [-0.39, 0.29) is 35.1 Å². The Balaban J connectivity index is 0.00000144. The number of hydrogen-bond donors (Lipinski definition) is 1. The zero-order valence-electron chi connectivity index (χ0n) is 6.60. The van der Waals surface area contributed by atoms with Gasteiger partial charge in [0.1, 0.15) is 10.1 Å². The molecule has 0 aromatic carbocycles. The predicted molar refractivity (Wildman–Crippen MR) is 46.7 cm³/mol. The Hall–Kier alpha value is 1.05. The fourth-order valence-corrected chi connectivity index (χ4v) is 2.37. The quantitative estimate of drug-likeness (QED) is 0.508. The third kappa shape index (κ3) is 3.96. The van der Waals surface area contributed by atoms with Crippen molar-refractivity contribution in [1.82, 2.24) is 0 Å². The molecule has 1 N–H and O–H groups in total. The van der Waals surface area contributed by atoms with Crippen LogP contribution < -0.4 is 29.6 Å². The Morgan fingerprint density at radius 3 is 2.46 bits per heavy atom. The summed E-state index contributed by atoms with van der Waals surface area (Å²) in [6.07, 6.45) is 0. The summed E-state index contributed by atoms with van der Waals surface area (Å²) >= 11 is 4.28. The van der Waals surface area contributed by atoms with E-state index in [2.05, 4.69) is 15.9 Å². The molecule has 1 aromatic rings. The molecule has 68 valence electrons. The topological polar surface area (TPSA) is 77.4 Å². The summed E-state index contributed by atoms with van der Waals surface area (Å²) in [5, 5.41) is 10.4. The second kappa shape index (κ2) is 5.22. The third-order valence-electron chi connectivity index (χ3n) is 1.15. The van der Waals surface area contributed by atoms with Crippen molar-refractivity contribution < 1.29 is 47.6 Å². The molecule has 1 atom stereocenters. The smallest absolute Gasteiger partial charge is 0.746 e. The van der Waals surface area contributed by atoms with Crippen LogP contribution >= 0.6 is 27.3 Å². The maximum absolute atomic E-state index is 10.3. The largest absolute Gasteiger partial charge is 1.00 e. The summed E-state index contributed by atoms with van der Waals surface area (Å²) in [4.78, 5) is 0. The Labute approximate surface area is 110 Å². The van der Waals surface area contributed by atoms with E-state index in [1.807, 2.05) is 0 Å². The summed E-state index contributed by atoms with van der Waals surface area (Å²) in [6, 6.07) is 1.39. The average Bonchev–Trinajstić information content (AvgIpc) is 2.32. The Morgan fingerprint density at radius 1 is 1.62 bits per heavy atom. The molecule has 1 unspecified atom stereocenters. The molecule has 13 heavy (non-hydrogen) atoms. The van der Waals surface area contributed by atoms with Crippen molar-refractivity contribution in [1.29, 1.82) is 0 Å². The second-order valence-electron chi connectivity index (χ2n) is 2.03. The van der Waals surface area contributed by atoms with E-state index in [1.165, 1.54) is 22.8 Å². The molecule has 0 aliphatic carbocycles. The average molecular weight is 295 g/mol. The molecular weight excluding hydrogens is 291 g/mol. The van der Waals surface area contributed by atoms with Crippen molar-refractivity contribution in [3.63, 3.8) is 0 Å². The molecule has 0 radical (unpaired) electrons. The molecular formula is C5H4BrNaO4S2. The van der Waals surface area contributed by atoms with Gasteiger partial charge in [-0.25, -0.2) is 8.42 Å². The molecule has 0 spiro atoms. The van der Waals surface area contributed by atoms with Gasteiger partial charge >= 0.3 is 29.6 Å².